The van der Waals surface area contributed by atoms with Gasteiger partial charge in [-0.2, -0.15) is 0 Å². The van der Waals surface area contributed by atoms with E-state index in [1.807, 2.05) is 0 Å². The molecule has 0 unspecified atom stereocenters. The molecule has 154 valence electrons. The van der Waals surface area contributed by atoms with Crippen LogP contribution in [0.3, 0.4) is 0 Å². The third kappa shape index (κ3) is 5.41. The van der Waals surface area contributed by atoms with Gasteiger partial charge in [-0.3, -0.25) is 0 Å². The Morgan fingerprint density at radius 2 is 1.52 bits per heavy atom. The van der Waals surface area contributed by atoms with Crippen LogP contribution in [0.4, 0.5) is 0 Å². The molecule has 7 heteroatoms. The maximum atomic E-state index is 12.4. The minimum Gasteiger partial charge on any atom is -0.459 e. The largest absolute Gasteiger partial charge is 0.459 e. The predicted octanol–water partition coefficient (Wildman–Crippen LogP) is 2.58. The van der Waals surface area contributed by atoms with Crippen molar-refractivity contribution in [3.63, 3.8) is 0 Å². The molecule has 7 nitrogen and oxygen atoms in total. The summed E-state index contributed by atoms with van der Waals surface area (Å²) >= 11 is 0. The number of hydrogen-bond acceptors (Lipinski definition) is 7. The molecule has 3 atom stereocenters. The van der Waals surface area contributed by atoms with Crippen molar-refractivity contribution in [1.29, 1.82) is 0 Å². The van der Waals surface area contributed by atoms with Crippen LogP contribution in [-0.2, 0) is 18.9 Å². The molecule has 0 radical (unpaired) electrons. The first-order valence-electron chi connectivity index (χ1n) is 9.34. The summed E-state index contributed by atoms with van der Waals surface area (Å²) in [4.78, 5) is 24.6. The first-order valence-corrected chi connectivity index (χ1v) is 9.34. The maximum absolute atomic E-state index is 12.4. The predicted molar refractivity (Wildman–Crippen MR) is 103 cm³/mol. The first kappa shape index (κ1) is 21.0. The third-order valence-electron chi connectivity index (χ3n) is 4.42. The summed E-state index contributed by atoms with van der Waals surface area (Å²) < 4.78 is 22.5. The summed E-state index contributed by atoms with van der Waals surface area (Å²) in [6, 6.07) is 17.0. The van der Waals surface area contributed by atoms with Crippen molar-refractivity contribution in [2.24, 2.45) is 0 Å². The van der Waals surface area contributed by atoms with Crippen LogP contribution in [0, 0.1) is 0 Å². The van der Waals surface area contributed by atoms with Gasteiger partial charge in [0, 0.05) is 0 Å². The van der Waals surface area contributed by atoms with Gasteiger partial charge in [-0.15, -0.1) is 0 Å². The lowest BCUT2D eigenvalue weighted by molar-refractivity contribution is -0.159. The van der Waals surface area contributed by atoms with Gasteiger partial charge in [-0.1, -0.05) is 36.4 Å². The Morgan fingerprint density at radius 3 is 2.07 bits per heavy atom. The van der Waals surface area contributed by atoms with Crippen LogP contribution in [0.15, 0.2) is 60.7 Å². The summed E-state index contributed by atoms with van der Waals surface area (Å²) in [5.41, 5.74) is 0.771. The van der Waals surface area contributed by atoms with E-state index in [-0.39, 0.29) is 6.61 Å². The lowest BCUT2D eigenvalue weighted by Gasteiger charge is -2.25. The van der Waals surface area contributed by atoms with Crippen molar-refractivity contribution in [2.75, 3.05) is 13.2 Å². The van der Waals surface area contributed by atoms with Gasteiger partial charge < -0.3 is 24.1 Å². The molecule has 0 aliphatic carbocycles. The molecule has 0 bridgehead atoms. The maximum Gasteiger partial charge on any atom is 0.338 e. The van der Waals surface area contributed by atoms with E-state index < -0.39 is 42.6 Å². The van der Waals surface area contributed by atoms with E-state index in [4.69, 9.17) is 18.9 Å². The van der Waals surface area contributed by atoms with E-state index in [0.717, 1.165) is 0 Å². The molecule has 0 saturated carbocycles. The highest BCUT2D eigenvalue weighted by molar-refractivity contribution is 5.89. The molecule has 2 aromatic rings. The van der Waals surface area contributed by atoms with Gasteiger partial charge in [-0.05, 0) is 38.1 Å². The van der Waals surface area contributed by atoms with Crippen LogP contribution in [0.5, 0.6) is 0 Å². The highest BCUT2D eigenvalue weighted by Crippen LogP contribution is 2.31. The molecular formula is C22H24O7. The molecule has 1 N–H and O–H groups in total. The Balaban J connectivity index is 1.67. The molecule has 1 aliphatic heterocycles. The van der Waals surface area contributed by atoms with Crippen molar-refractivity contribution < 1.29 is 33.6 Å². The minimum atomic E-state index is -0.985. The molecule has 0 amide bonds. The number of aliphatic hydroxyl groups is 1. The molecule has 3 rings (SSSR count). The van der Waals surface area contributed by atoms with Gasteiger partial charge >= 0.3 is 11.9 Å². The van der Waals surface area contributed by atoms with Crippen LogP contribution in [0.1, 0.15) is 34.6 Å². The Labute approximate surface area is 169 Å². The number of carbonyl (C=O) groups excluding carboxylic acids is 2. The van der Waals surface area contributed by atoms with Gasteiger partial charge in [0.15, 0.2) is 11.9 Å². The van der Waals surface area contributed by atoms with Crippen LogP contribution in [-0.4, -0.2) is 54.4 Å². The summed E-state index contributed by atoms with van der Waals surface area (Å²) in [6.45, 7) is 2.83. The lowest BCUT2D eigenvalue weighted by atomic mass is 10.1. The van der Waals surface area contributed by atoms with Crippen LogP contribution >= 0.6 is 0 Å². The Kier molecular flexibility index (Phi) is 6.64. The number of aliphatic hydroxyl groups excluding tert-OH is 1. The summed E-state index contributed by atoms with van der Waals surface area (Å²) in [5, 5.41) is 9.81. The monoisotopic (exact) mass is 400 g/mol. The first-order chi connectivity index (χ1) is 13.9. The number of esters is 2. The zero-order chi connectivity index (χ0) is 20.9. The summed E-state index contributed by atoms with van der Waals surface area (Å²) in [5.74, 6) is -2.07. The van der Waals surface area contributed by atoms with E-state index in [9.17, 15) is 14.7 Å². The molecule has 1 saturated heterocycles. The average molecular weight is 400 g/mol. The SMILES string of the molecule is CC1(C)O[C@H]([C@@H](CO)OC(=O)c2ccccc2)[C@H](COC(=O)c2ccccc2)O1. The van der Waals surface area contributed by atoms with E-state index >= 15 is 0 Å². The lowest BCUT2D eigenvalue weighted by Crippen LogP contribution is -2.43. The average Bonchev–Trinajstić information content (AvgIpc) is 3.05. The van der Waals surface area contributed by atoms with Crippen molar-refractivity contribution in [1.82, 2.24) is 0 Å². The fourth-order valence-corrected chi connectivity index (χ4v) is 3.11. The standard InChI is InChI=1S/C22H24O7/c1-22(2)28-18(14-26-20(24)15-9-5-3-6-10-15)19(29-22)17(13-23)27-21(25)16-11-7-4-8-12-16/h3-12,17-19,23H,13-14H2,1-2H3/t17-,18+,19-/m1/s1. The molecule has 2 aromatic carbocycles. The number of carbonyl (C=O) groups is 2. The topological polar surface area (TPSA) is 91.3 Å². The van der Waals surface area contributed by atoms with E-state index in [1.165, 1.54) is 0 Å². The fourth-order valence-electron chi connectivity index (χ4n) is 3.11. The number of ether oxygens (including phenoxy) is 4. The van der Waals surface area contributed by atoms with Crippen molar-refractivity contribution in [3.05, 3.63) is 71.8 Å². The summed E-state index contributed by atoms with van der Waals surface area (Å²) in [7, 11) is 0. The Hall–Kier alpha value is -2.74. The van der Waals surface area contributed by atoms with Gasteiger partial charge in [0.1, 0.15) is 18.8 Å². The fraction of sp³-hybridized carbons (Fsp3) is 0.364. The van der Waals surface area contributed by atoms with Crippen LogP contribution in [0.25, 0.3) is 0 Å². The third-order valence-corrected chi connectivity index (χ3v) is 4.42. The number of benzene rings is 2. The van der Waals surface area contributed by atoms with E-state index in [2.05, 4.69) is 0 Å². The molecule has 1 heterocycles. The highest BCUT2D eigenvalue weighted by atomic mass is 16.8. The number of hydrogen-bond donors (Lipinski definition) is 1. The van der Waals surface area contributed by atoms with E-state index in [0.29, 0.717) is 11.1 Å². The van der Waals surface area contributed by atoms with E-state index in [1.54, 1.807) is 74.5 Å². The number of rotatable bonds is 7. The quantitative estimate of drug-likeness (QED) is 0.714. The molecule has 0 aromatic heterocycles. The van der Waals surface area contributed by atoms with Crippen molar-refractivity contribution in [3.8, 4) is 0 Å². The smallest absolute Gasteiger partial charge is 0.338 e. The molecule has 0 spiro atoms. The zero-order valence-electron chi connectivity index (χ0n) is 16.3. The Morgan fingerprint density at radius 1 is 0.966 bits per heavy atom. The highest BCUT2D eigenvalue weighted by Gasteiger charge is 2.47. The Bertz CT molecular complexity index is 820. The van der Waals surface area contributed by atoms with Crippen LogP contribution < -0.4 is 0 Å². The zero-order valence-corrected chi connectivity index (χ0v) is 16.3. The second-order valence-electron chi connectivity index (χ2n) is 7.10. The second-order valence-corrected chi connectivity index (χ2v) is 7.10. The summed E-state index contributed by atoms with van der Waals surface area (Å²) in [6.07, 6.45) is -2.49. The van der Waals surface area contributed by atoms with Crippen LogP contribution in [0.2, 0.25) is 0 Å². The van der Waals surface area contributed by atoms with Crippen molar-refractivity contribution >= 4 is 11.9 Å². The molecular weight excluding hydrogens is 376 g/mol. The van der Waals surface area contributed by atoms with Gasteiger partial charge in [0.25, 0.3) is 0 Å². The molecule has 29 heavy (non-hydrogen) atoms. The second kappa shape index (κ2) is 9.17. The molecule has 1 fully saturated rings. The van der Waals surface area contributed by atoms with Gasteiger partial charge in [-0.25, -0.2) is 9.59 Å². The molecule has 1 aliphatic rings. The van der Waals surface area contributed by atoms with Gasteiger partial charge in [0.05, 0.1) is 17.7 Å². The normalized spacial score (nSPS) is 21.3. The van der Waals surface area contributed by atoms with Gasteiger partial charge in [0.2, 0.25) is 0 Å². The minimum absolute atomic E-state index is 0.110. The van der Waals surface area contributed by atoms with Crippen molar-refractivity contribution in [2.45, 2.75) is 37.9 Å².